The number of amides is 1. The number of thioether (sulfide) groups is 1. The Bertz CT molecular complexity index is 1940. The molecular weight excluding hydrogens is 639 g/mol. The van der Waals surface area contributed by atoms with Gasteiger partial charge in [-0.05, 0) is 48.7 Å². The van der Waals surface area contributed by atoms with Gasteiger partial charge in [0.25, 0.3) is 5.91 Å². The highest BCUT2D eigenvalue weighted by Crippen LogP contribution is 2.46. The number of aliphatic hydroxyl groups excluding tert-OH is 1. The van der Waals surface area contributed by atoms with Crippen LogP contribution in [0.25, 0.3) is 11.0 Å². The summed E-state index contributed by atoms with van der Waals surface area (Å²) < 4.78 is 23.9. The topological polar surface area (TPSA) is 124 Å². The Balaban J connectivity index is 1.41. The van der Waals surface area contributed by atoms with Gasteiger partial charge in [0, 0.05) is 11.1 Å². The summed E-state index contributed by atoms with van der Waals surface area (Å²) in [6.07, 6.45) is 1.84. The third kappa shape index (κ3) is 6.56. The van der Waals surface area contributed by atoms with Gasteiger partial charge in [0.05, 0.1) is 31.9 Å². The molecule has 1 aliphatic rings. The normalized spacial score (nSPS) is 14.7. The number of nitrogens with zero attached hydrogens (tertiary/aromatic N) is 3. The molecule has 5 aromatic rings. The summed E-state index contributed by atoms with van der Waals surface area (Å²) in [5.41, 5.74) is 1.86. The number of furan rings is 1. The first-order valence-electron chi connectivity index (χ1n) is 15.2. The van der Waals surface area contributed by atoms with E-state index >= 15 is 0 Å². The van der Waals surface area contributed by atoms with Crippen molar-refractivity contribution in [1.29, 1.82) is 0 Å². The third-order valence-electron chi connectivity index (χ3n) is 7.55. The number of methoxy groups -OCH3 is 1. The number of hydrogen-bond donors (Lipinski definition) is 1. The summed E-state index contributed by atoms with van der Waals surface area (Å²) in [5, 5.41) is 20.9. The van der Waals surface area contributed by atoms with Gasteiger partial charge in [0.1, 0.15) is 0 Å². The quantitative estimate of drug-likeness (QED) is 0.0538. The van der Waals surface area contributed by atoms with Gasteiger partial charge in [0.2, 0.25) is 10.9 Å². The lowest BCUT2D eigenvalue weighted by molar-refractivity contribution is -0.117. The number of anilines is 1. The number of rotatable bonds is 14. The minimum absolute atomic E-state index is 0.0494. The first kappa shape index (κ1) is 32.1. The minimum Gasteiger partial charge on any atom is -0.503 e. The molecule has 1 atom stereocenters. The van der Waals surface area contributed by atoms with Crippen LogP contribution in [0.5, 0.6) is 17.2 Å². The van der Waals surface area contributed by atoms with Gasteiger partial charge >= 0.3 is 0 Å². The highest BCUT2D eigenvalue weighted by molar-refractivity contribution is 8.00. The molecule has 6 rings (SSSR count). The van der Waals surface area contributed by atoms with Gasteiger partial charge in [-0.1, -0.05) is 85.0 Å². The zero-order valence-corrected chi connectivity index (χ0v) is 27.7. The SMILES string of the molecule is CCCCOc1ccc(C2C(C(=O)c3cc4cccc(OC)c4o3)=C(O)C(=O)N2c2nnc(SCc3ccccc3)s2)cc1OCC. The molecule has 1 N–H and O–H groups in total. The van der Waals surface area contributed by atoms with Crippen molar-refractivity contribution >= 4 is 50.9 Å². The smallest absolute Gasteiger partial charge is 0.296 e. The van der Waals surface area contributed by atoms with E-state index in [0.717, 1.165) is 18.4 Å². The van der Waals surface area contributed by atoms with Crippen molar-refractivity contribution in [2.75, 3.05) is 25.2 Å². The highest BCUT2D eigenvalue weighted by Gasteiger charge is 2.47. The number of Topliss-reactive ketones (excluding diaryl/α,β-unsaturated/α-hetero) is 1. The number of benzene rings is 3. The molecule has 0 spiro atoms. The van der Waals surface area contributed by atoms with Gasteiger partial charge in [0.15, 0.2) is 38.7 Å². The average Bonchev–Trinajstić information content (AvgIpc) is 3.81. The zero-order valence-electron chi connectivity index (χ0n) is 26.1. The molecular formula is C35H33N3O7S2. The molecule has 0 radical (unpaired) electrons. The summed E-state index contributed by atoms with van der Waals surface area (Å²) in [4.78, 5) is 29.4. The fourth-order valence-corrected chi connectivity index (χ4v) is 7.10. The largest absolute Gasteiger partial charge is 0.503 e. The average molecular weight is 672 g/mol. The van der Waals surface area contributed by atoms with Crippen molar-refractivity contribution in [1.82, 2.24) is 10.2 Å². The molecule has 47 heavy (non-hydrogen) atoms. The van der Waals surface area contributed by atoms with Crippen molar-refractivity contribution in [3.8, 4) is 17.2 Å². The first-order chi connectivity index (χ1) is 22.9. The van der Waals surface area contributed by atoms with E-state index in [1.807, 2.05) is 37.3 Å². The van der Waals surface area contributed by atoms with Crippen molar-refractivity contribution in [3.05, 3.63) is 101 Å². The molecule has 2 aromatic heterocycles. The van der Waals surface area contributed by atoms with Crippen LogP contribution in [0.15, 0.2) is 92.9 Å². The van der Waals surface area contributed by atoms with Crippen LogP contribution in [-0.2, 0) is 10.5 Å². The number of aliphatic hydroxyl groups is 1. The van der Waals surface area contributed by atoms with E-state index in [1.165, 1.54) is 35.1 Å². The maximum Gasteiger partial charge on any atom is 0.296 e. The second-order valence-electron chi connectivity index (χ2n) is 10.6. The fraction of sp³-hybridized carbons (Fsp3) is 0.257. The molecule has 242 valence electrons. The van der Waals surface area contributed by atoms with E-state index < -0.39 is 23.5 Å². The van der Waals surface area contributed by atoms with Crippen molar-refractivity contribution in [2.24, 2.45) is 0 Å². The standard InChI is InChI=1S/C35H33N3O7S2/c1-4-6-17-44-24-16-15-22(18-26(24)43-5-2)29-28(30(39)27-19-23-13-10-14-25(42-3)32(23)45-27)31(40)33(41)38(29)34-36-37-35(47-34)46-20-21-11-8-7-9-12-21/h7-16,18-19,29,40H,4-6,17,20H2,1-3H3. The first-order valence-corrected chi connectivity index (χ1v) is 17.0. The summed E-state index contributed by atoms with van der Waals surface area (Å²) in [6, 6.07) is 21.0. The van der Waals surface area contributed by atoms with E-state index in [2.05, 4.69) is 17.1 Å². The maximum atomic E-state index is 14.2. The van der Waals surface area contributed by atoms with Gasteiger partial charge in [-0.15, -0.1) is 10.2 Å². The summed E-state index contributed by atoms with van der Waals surface area (Å²) in [6.45, 7) is 4.82. The summed E-state index contributed by atoms with van der Waals surface area (Å²) >= 11 is 2.69. The van der Waals surface area contributed by atoms with Gasteiger partial charge < -0.3 is 23.7 Å². The lowest BCUT2D eigenvalue weighted by Crippen LogP contribution is -2.31. The van der Waals surface area contributed by atoms with Crippen molar-refractivity contribution in [3.63, 3.8) is 0 Å². The molecule has 0 saturated carbocycles. The summed E-state index contributed by atoms with van der Waals surface area (Å²) in [7, 11) is 1.51. The number of para-hydroxylation sites is 1. The van der Waals surface area contributed by atoms with E-state index in [9.17, 15) is 14.7 Å². The van der Waals surface area contributed by atoms with E-state index in [0.29, 0.717) is 57.1 Å². The monoisotopic (exact) mass is 671 g/mol. The summed E-state index contributed by atoms with van der Waals surface area (Å²) in [5.74, 6) is -0.0522. The molecule has 0 bridgehead atoms. The molecule has 0 saturated heterocycles. The Kier molecular flexibility index (Phi) is 9.79. The van der Waals surface area contributed by atoms with E-state index in [4.69, 9.17) is 18.6 Å². The number of hydrogen-bond acceptors (Lipinski definition) is 11. The van der Waals surface area contributed by atoms with E-state index in [-0.39, 0.29) is 16.5 Å². The molecule has 1 aliphatic heterocycles. The van der Waals surface area contributed by atoms with Crippen molar-refractivity contribution in [2.45, 2.75) is 42.8 Å². The van der Waals surface area contributed by atoms with Gasteiger partial charge in [-0.2, -0.15) is 0 Å². The Morgan fingerprint density at radius 3 is 2.60 bits per heavy atom. The molecule has 0 fully saturated rings. The van der Waals surface area contributed by atoms with Gasteiger partial charge in [-0.3, -0.25) is 14.5 Å². The lowest BCUT2D eigenvalue weighted by atomic mass is 9.95. The van der Waals surface area contributed by atoms with Crippen LogP contribution in [0.2, 0.25) is 0 Å². The molecule has 1 unspecified atom stereocenters. The van der Waals surface area contributed by atoms with Crippen LogP contribution in [0.1, 0.15) is 54.4 Å². The number of carbonyl (C=O) groups excluding carboxylic acids is 2. The van der Waals surface area contributed by atoms with Gasteiger partial charge in [-0.25, -0.2) is 0 Å². The number of ether oxygens (including phenoxy) is 3. The number of fused-ring (bicyclic) bond motifs is 1. The second kappa shape index (κ2) is 14.3. The lowest BCUT2D eigenvalue weighted by Gasteiger charge is -2.24. The maximum absolute atomic E-state index is 14.2. The number of ketones is 1. The molecule has 0 aliphatic carbocycles. The second-order valence-corrected chi connectivity index (χ2v) is 12.8. The molecule has 12 heteroatoms. The van der Waals surface area contributed by atoms with Crippen LogP contribution in [-0.4, -0.2) is 47.3 Å². The van der Waals surface area contributed by atoms with Crippen LogP contribution in [0.4, 0.5) is 5.13 Å². The molecule has 10 nitrogen and oxygen atoms in total. The predicted molar refractivity (Wildman–Crippen MR) is 181 cm³/mol. The number of aromatic nitrogens is 2. The number of unbranched alkanes of at least 4 members (excludes halogenated alkanes) is 1. The van der Waals surface area contributed by atoms with Crippen LogP contribution in [0, 0.1) is 0 Å². The predicted octanol–water partition coefficient (Wildman–Crippen LogP) is 7.95. The molecule has 1 amide bonds. The Hall–Kier alpha value is -4.81. The molecule has 3 heterocycles. The minimum atomic E-state index is -1.06. The zero-order chi connectivity index (χ0) is 32.9. The Morgan fingerprint density at radius 2 is 1.83 bits per heavy atom. The highest BCUT2D eigenvalue weighted by atomic mass is 32.2. The third-order valence-corrected chi connectivity index (χ3v) is 9.68. The van der Waals surface area contributed by atoms with Crippen molar-refractivity contribution < 1.29 is 33.3 Å². The van der Waals surface area contributed by atoms with Crippen LogP contribution in [0.3, 0.4) is 0 Å². The Morgan fingerprint density at radius 1 is 1.00 bits per heavy atom. The Labute approximate surface area is 280 Å². The fourth-order valence-electron chi connectivity index (χ4n) is 5.28. The van der Waals surface area contributed by atoms with Crippen LogP contribution >= 0.6 is 23.1 Å². The van der Waals surface area contributed by atoms with E-state index in [1.54, 1.807) is 42.5 Å². The number of carbonyl (C=O) groups is 2. The van der Waals surface area contributed by atoms with Crippen LogP contribution < -0.4 is 19.1 Å². The molecule has 3 aromatic carbocycles.